The maximum Gasteiger partial charge on any atom is 0.212 e. The van der Waals surface area contributed by atoms with Gasteiger partial charge >= 0.3 is 0 Å². The summed E-state index contributed by atoms with van der Waals surface area (Å²) in [6.45, 7) is 9.73. The third kappa shape index (κ3) is 8.94. The van der Waals surface area contributed by atoms with Gasteiger partial charge in [0.25, 0.3) is 0 Å². The quantitative estimate of drug-likeness (QED) is 0.128. The van der Waals surface area contributed by atoms with Gasteiger partial charge in [-0.2, -0.15) is 0 Å². The second kappa shape index (κ2) is 22.4. The van der Waals surface area contributed by atoms with Gasteiger partial charge in [-0.3, -0.25) is 0 Å². The molecule has 14 aromatic carbocycles. The summed E-state index contributed by atoms with van der Waals surface area (Å²) in [7, 11) is 0. The van der Waals surface area contributed by atoms with Crippen LogP contribution in [-0.2, 0) is 0 Å². The Kier molecular flexibility index (Phi) is 11.7. The van der Waals surface area contributed by atoms with Crippen LogP contribution in [0.3, 0.4) is 0 Å². The van der Waals surface area contributed by atoms with E-state index in [0.29, 0.717) is 28.6 Å². The highest BCUT2D eigenvalue weighted by atomic mass is 32.1. The number of hydrogen-bond acceptors (Lipinski definition) is 5. The van der Waals surface area contributed by atoms with Crippen molar-refractivity contribution in [2.45, 2.75) is 0 Å². The van der Waals surface area contributed by atoms with E-state index in [-0.39, 0.29) is 22.6 Å². The average Bonchev–Trinajstić information content (AvgIpc) is 1.58. The van der Waals surface area contributed by atoms with E-state index in [0.717, 1.165) is 140 Å². The van der Waals surface area contributed by atoms with Crippen LogP contribution in [0.4, 0.5) is 5.69 Å². The fraction of sp³-hybridized carbons (Fsp3) is 0. The lowest BCUT2D eigenvalue weighted by atomic mass is 9.94. The number of fused-ring (bicyclic) bond motifs is 14. The molecule has 8 heteroatoms. The van der Waals surface area contributed by atoms with Crippen LogP contribution in [0, 0.1) is 6.57 Å². The topological polar surface area (TPSA) is 52.9 Å². The van der Waals surface area contributed by atoms with Gasteiger partial charge in [0, 0.05) is 84.1 Å². The molecule has 0 saturated heterocycles. The van der Waals surface area contributed by atoms with Gasteiger partial charge in [0.1, 0.15) is 0 Å². The summed E-state index contributed by atoms with van der Waals surface area (Å²) in [5.41, 5.74) is 14.2. The van der Waals surface area contributed by atoms with E-state index < -0.39 is 30.2 Å². The molecule has 0 N–H and O–H groups in total. The minimum atomic E-state index is -0.549. The molecule has 0 atom stereocenters. The monoisotopic (exact) mass is 1260 g/mol. The van der Waals surface area contributed by atoms with Crippen LogP contribution in [0.5, 0.6) is 0 Å². The largest absolute Gasteiger partial charge is 0.318 e. The average molecular weight is 1260 g/mol. The molecule has 0 bridgehead atoms. The van der Waals surface area contributed by atoms with Crippen molar-refractivity contribution in [3.05, 3.63) is 327 Å². The smallest absolute Gasteiger partial charge is 0.212 e. The van der Waals surface area contributed by atoms with E-state index in [1.54, 1.807) is 22.7 Å². The van der Waals surface area contributed by atoms with Crippen LogP contribution in [0.25, 0.3) is 190 Å². The molecule has 96 heavy (non-hydrogen) atoms. The summed E-state index contributed by atoms with van der Waals surface area (Å²) in [4.78, 5) is 20.7. The summed E-state index contributed by atoms with van der Waals surface area (Å²) in [6, 6.07) is 95.3. The van der Waals surface area contributed by atoms with Crippen LogP contribution in [0.2, 0.25) is 0 Å². The van der Waals surface area contributed by atoms with E-state index in [2.05, 4.69) is 184 Å². The van der Waals surface area contributed by atoms with Crippen molar-refractivity contribution in [2.75, 3.05) is 0 Å². The molecule has 0 spiro atoms. The number of thiophene rings is 2. The summed E-state index contributed by atoms with van der Waals surface area (Å²) >= 11 is 3.44. The Bertz CT molecular complexity index is 6600. The minimum Gasteiger partial charge on any atom is -0.318 e. The highest BCUT2D eigenvalue weighted by Gasteiger charge is 2.31. The van der Waals surface area contributed by atoms with Gasteiger partial charge < -0.3 is 9.13 Å². The molecule has 6 nitrogen and oxygen atoms in total. The summed E-state index contributed by atoms with van der Waals surface area (Å²) < 4.78 is 58.0. The Morgan fingerprint density at radius 1 is 0.312 bits per heavy atom. The van der Waals surface area contributed by atoms with Crippen molar-refractivity contribution in [2.24, 2.45) is 0 Å². The van der Waals surface area contributed by atoms with Crippen LogP contribution >= 0.6 is 22.7 Å². The van der Waals surface area contributed by atoms with E-state index in [1.807, 2.05) is 115 Å². The van der Waals surface area contributed by atoms with Crippen molar-refractivity contribution < 1.29 is 6.85 Å². The van der Waals surface area contributed by atoms with Gasteiger partial charge in [-0.25, -0.2) is 19.8 Å². The van der Waals surface area contributed by atoms with Gasteiger partial charge in [-0.15, -0.1) is 22.7 Å². The highest BCUT2D eigenvalue weighted by Crippen LogP contribution is 2.54. The first-order valence-electron chi connectivity index (χ1n) is 34.3. The van der Waals surface area contributed by atoms with Gasteiger partial charge in [-0.1, -0.05) is 249 Å². The Labute approximate surface area is 567 Å². The van der Waals surface area contributed by atoms with Crippen LogP contribution in [-0.4, -0.2) is 24.1 Å². The highest BCUT2D eigenvalue weighted by molar-refractivity contribution is 7.27. The minimum absolute atomic E-state index is 0.104. The summed E-state index contributed by atoms with van der Waals surface area (Å²) in [5.74, 6) is 0.936. The molecule has 0 amide bonds. The normalized spacial score (nSPS) is 12.5. The first-order chi connectivity index (χ1) is 49.6. The molecular formula is C88H52N6S2. The SMILES string of the molecule is [2H]c1c([2H])c([2H])c(-c2c(-n3c4ccc(-c5ccccc5)cc4c4c5sc6ccc(-c7ccccc7)cc6c5ccc43)c([N+]#[C-])cc(-c3nc(-c4ccccc4)nc(-c4ccccc4)n3)c2-n2c3ccc(-c4ccccc4)cc3c3c4sc5ccc(-c6ccccc6)cc5c4ccc32)c([2H])c1[2H]. The van der Waals surface area contributed by atoms with Crippen molar-refractivity contribution in [3.8, 4) is 101 Å². The number of benzene rings is 14. The molecule has 5 aromatic heterocycles. The van der Waals surface area contributed by atoms with E-state index >= 15 is 0 Å². The molecule has 19 rings (SSSR count). The molecule has 0 fully saturated rings. The van der Waals surface area contributed by atoms with Crippen LogP contribution in [0.1, 0.15) is 6.85 Å². The molecule has 0 saturated carbocycles. The lowest BCUT2D eigenvalue weighted by molar-refractivity contribution is 1.06. The van der Waals surface area contributed by atoms with Gasteiger partial charge in [0.05, 0.1) is 46.9 Å². The Hall–Kier alpha value is -12.4. The summed E-state index contributed by atoms with van der Waals surface area (Å²) in [6.07, 6.45) is 0. The second-order valence-corrected chi connectivity index (χ2v) is 26.2. The van der Waals surface area contributed by atoms with Gasteiger partial charge in [0.2, 0.25) is 5.69 Å². The van der Waals surface area contributed by atoms with Gasteiger partial charge in [0.15, 0.2) is 17.5 Å². The van der Waals surface area contributed by atoms with E-state index in [1.165, 1.54) is 0 Å². The fourth-order valence-corrected chi connectivity index (χ4v) is 16.8. The number of aromatic nitrogens is 5. The molecule has 0 radical (unpaired) electrons. The van der Waals surface area contributed by atoms with Crippen molar-refractivity contribution >= 4 is 112 Å². The Morgan fingerprint density at radius 3 is 1.09 bits per heavy atom. The lowest BCUT2D eigenvalue weighted by Gasteiger charge is -2.24. The zero-order chi connectivity index (χ0) is 67.7. The predicted molar refractivity (Wildman–Crippen MR) is 404 cm³/mol. The summed E-state index contributed by atoms with van der Waals surface area (Å²) in [5, 5.41) is 8.05. The molecule has 0 aliphatic heterocycles. The molecule has 19 aromatic rings. The zero-order valence-electron chi connectivity index (χ0n) is 56.1. The molecule has 0 aliphatic carbocycles. The standard InChI is InChI=1S/C88H52N6S2/c1-89-72-53-71(88-91-86(59-33-19-7-20-34-59)90-87(92-88)60-35-21-8-22-36-60)82(93-73-43-37-61(54-23-9-2-10-24-54)51-69(73)80-75(93)45-41-65-67-49-63(56-27-13-4-14-28-56)39-47-77(67)95-84(65)80)79(58-31-17-6-18-32-58)83(72)94-74-44-38-62(55-25-11-3-12-26-55)52-70(74)81-76(94)46-42-66-68-50-64(57-29-15-5-16-30-57)40-48-78(68)96-85(66)81/h2-53H/i6D,17D,18D,31D,32D. The van der Waals surface area contributed by atoms with Crippen LogP contribution in [0.15, 0.2) is 315 Å². The predicted octanol–water partition coefficient (Wildman–Crippen LogP) is 24.7. The number of hydrogen-bond donors (Lipinski definition) is 0. The lowest BCUT2D eigenvalue weighted by Crippen LogP contribution is -2.08. The van der Waals surface area contributed by atoms with Crippen molar-refractivity contribution in [1.29, 1.82) is 0 Å². The maximum absolute atomic E-state index is 10.4. The molecular weight excluding hydrogens is 1210 g/mol. The molecule has 446 valence electrons. The second-order valence-electron chi connectivity index (χ2n) is 24.1. The van der Waals surface area contributed by atoms with Crippen molar-refractivity contribution in [1.82, 2.24) is 24.1 Å². The number of nitrogens with zero attached hydrogens (tertiary/aromatic N) is 6. The molecule has 5 heterocycles. The van der Waals surface area contributed by atoms with Crippen LogP contribution < -0.4 is 0 Å². The Balaban J connectivity index is 1.02. The first kappa shape index (κ1) is 50.2. The van der Waals surface area contributed by atoms with Crippen molar-refractivity contribution in [3.63, 3.8) is 0 Å². The zero-order valence-corrected chi connectivity index (χ0v) is 52.8. The van der Waals surface area contributed by atoms with Gasteiger partial charge in [-0.05, 0) is 117 Å². The van der Waals surface area contributed by atoms with E-state index in [4.69, 9.17) is 15.0 Å². The maximum atomic E-state index is 10.4. The molecule has 0 unspecified atom stereocenters. The Morgan fingerprint density at radius 2 is 0.677 bits per heavy atom. The first-order valence-corrected chi connectivity index (χ1v) is 33.4. The molecule has 0 aliphatic rings. The fourth-order valence-electron chi connectivity index (χ4n) is 14.3. The van der Waals surface area contributed by atoms with E-state index in [9.17, 15) is 13.4 Å². The third-order valence-electron chi connectivity index (χ3n) is 18.7. The number of rotatable bonds is 10. The third-order valence-corrected chi connectivity index (χ3v) is 21.1.